The predicted molar refractivity (Wildman–Crippen MR) is 68.0 cm³/mol. The summed E-state index contributed by atoms with van der Waals surface area (Å²) in [4.78, 5) is 4.64. The van der Waals surface area contributed by atoms with Crippen molar-refractivity contribution in [3.05, 3.63) is 12.2 Å². The van der Waals surface area contributed by atoms with Gasteiger partial charge in [0.1, 0.15) is 0 Å². The van der Waals surface area contributed by atoms with Crippen LogP contribution in [0.1, 0.15) is 13.8 Å². The van der Waals surface area contributed by atoms with E-state index in [1.807, 2.05) is 0 Å². The molecule has 0 atom stereocenters. The van der Waals surface area contributed by atoms with Gasteiger partial charge in [0.25, 0.3) is 0 Å². The molecule has 0 aliphatic heterocycles. The third-order valence-electron chi connectivity index (χ3n) is 2.22. The molecule has 0 radical (unpaired) electrons. The Kier molecular flexibility index (Phi) is 7.65. The van der Waals surface area contributed by atoms with E-state index in [0.29, 0.717) is 12.5 Å². The van der Waals surface area contributed by atoms with E-state index in [-0.39, 0.29) is 0 Å². The Hall–Kier alpha value is -0.380. The Morgan fingerprint density at radius 1 is 1.27 bits per heavy atom. The Bertz CT molecular complexity index is 176. The molecule has 0 spiro atoms. The first-order valence-electron chi connectivity index (χ1n) is 5.69. The topological polar surface area (TPSA) is 32.5 Å². The number of nitrogens with two attached hydrogens (primary N) is 1. The number of likely N-dealkylation sites (N-methyl/N-ethyl adjacent to an activating group) is 1. The molecule has 0 aromatic rings. The molecule has 15 heavy (non-hydrogen) atoms. The van der Waals surface area contributed by atoms with Crippen molar-refractivity contribution in [1.82, 2.24) is 9.80 Å². The first-order chi connectivity index (χ1) is 6.95. The molecular weight excluding hydrogens is 186 g/mol. The number of nitrogens with zero attached hydrogens (tertiary/aromatic N) is 2. The summed E-state index contributed by atoms with van der Waals surface area (Å²) in [5, 5.41) is 0. The van der Waals surface area contributed by atoms with Crippen LogP contribution in [0.3, 0.4) is 0 Å². The molecule has 0 rings (SSSR count). The lowest BCUT2D eigenvalue weighted by molar-refractivity contribution is 0.233. The summed E-state index contributed by atoms with van der Waals surface area (Å²) in [6.45, 7) is 13.3. The summed E-state index contributed by atoms with van der Waals surface area (Å²) in [6.07, 6.45) is 0. The minimum absolute atomic E-state index is 0.594. The second kappa shape index (κ2) is 7.85. The van der Waals surface area contributed by atoms with Crippen LogP contribution in [-0.2, 0) is 0 Å². The minimum Gasteiger partial charge on any atom is -0.327 e. The molecule has 0 saturated heterocycles. The van der Waals surface area contributed by atoms with Crippen LogP contribution in [-0.4, -0.2) is 56.6 Å². The van der Waals surface area contributed by atoms with Crippen LogP contribution >= 0.6 is 0 Å². The van der Waals surface area contributed by atoms with Crippen LogP contribution in [0.4, 0.5) is 0 Å². The molecule has 0 aromatic heterocycles. The molecule has 0 saturated carbocycles. The quantitative estimate of drug-likeness (QED) is 0.611. The van der Waals surface area contributed by atoms with E-state index in [1.165, 1.54) is 0 Å². The normalized spacial score (nSPS) is 11.7. The zero-order chi connectivity index (χ0) is 11.8. The molecular formula is C12H27N3. The summed E-state index contributed by atoms with van der Waals surface area (Å²) >= 11 is 0. The molecule has 0 aliphatic carbocycles. The van der Waals surface area contributed by atoms with Gasteiger partial charge in [0, 0.05) is 32.7 Å². The van der Waals surface area contributed by atoms with E-state index in [0.717, 1.165) is 31.8 Å². The SMILES string of the molecule is C=C(CN)CN(CCN(C)C)CC(C)C. The molecule has 0 heterocycles. The fourth-order valence-electron chi connectivity index (χ4n) is 1.47. The van der Waals surface area contributed by atoms with Crippen molar-refractivity contribution in [2.24, 2.45) is 11.7 Å². The Morgan fingerprint density at radius 2 is 1.87 bits per heavy atom. The van der Waals surface area contributed by atoms with E-state index in [9.17, 15) is 0 Å². The van der Waals surface area contributed by atoms with E-state index < -0.39 is 0 Å². The van der Waals surface area contributed by atoms with Crippen LogP contribution in [0.2, 0.25) is 0 Å². The first-order valence-corrected chi connectivity index (χ1v) is 5.69. The maximum absolute atomic E-state index is 5.57. The molecule has 3 nitrogen and oxygen atoms in total. The minimum atomic E-state index is 0.594. The Morgan fingerprint density at radius 3 is 2.27 bits per heavy atom. The predicted octanol–water partition coefficient (Wildman–Crippen LogP) is 1.02. The average molecular weight is 213 g/mol. The molecule has 0 bridgehead atoms. The van der Waals surface area contributed by atoms with Crippen molar-refractivity contribution in [1.29, 1.82) is 0 Å². The smallest absolute Gasteiger partial charge is 0.0203 e. The number of rotatable bonds is 8. The Balaban J connectivity index is 4.00. The molecule has 2 N–H and O–H groups in total. The van der Waals surface area contributed by atoms with Crippen LogP contribution in [0.15, 0.2) is 12.2 Å². The molecule has 0 aromatic carbocycles. The fraction of sp³-hybridized carbons (Fsp3) is 0.833. The monoisotopic (exact) mass is 213 g/mol. The van der Waals surface area contributed by atoms with Gasteiger partial charge < -0.3 is 10.6 Å². The highest BCUT2D eigenvalue weighted by Crippen LogP contribution is 2.01. The van der Waals surface area contributed by atoms with Gasteiger partial charge in [0.2, 0.25) is 0 Å². The van der Waals surface area contributed by atoms with Crippen LogP contribution in [0.25, 0.3) is 0 Å². The maximum Gasteiger partial charge on any atom is 0.0203 e. The van der Waals surface area contributed by atoms with Crippen LogP contribution in [0.5, 0.6) is 0 Å². The zero-order valence-corrected chi connectivity index (χ0v) is 10.8. The van der Waals surface area contributed by atoms with Crippen LogP contribution in [0, 0.1) is 5.92 Å². The summed E-state index contributed by atoms with van der Waals surface area (Å²) in [6, 6.07) is 0. The highest BCUT2D eigenvalue weighted by atomic mass is 15.2. The third-order valence-corrected chi connectivity index (χ3v) is 2.22. The van der Waals surface area contributed by atoms with Crippen molar-refractivity contribution in [3.8, 4) is 0 Å². The number of hydrogen-bond donors (Lipinski definition) is 1. The average Bonchev–Trinajstić information content (AvgIpc) is 2.13. The van der Waals surface area contributed by atoms with E-state index in [1.54, 1.807) is 0 Å². The highest BCUT2D eigenvalue weighted by molar-refractivity contribution is 4.98. The van der Waals surface area contributed by atoms with Gasteiger partial charge in [0.05, 0.1) is 0 Å². The lowest BCUT2D eigenvalue weighted by Crippen LogP contribution is -2.36. The van der Waals surface area contributed by atoms with Crippen molar-refractivity contribution in [2.45, 2.75) is 13.8 Å². The van der Waals surface area contributed by atoms with Gasteiger partial charge >= 0.3 is 0 Å². The highest BCUT2D eigenvalue weighted by Gasteiger charge is 2.08. The van der Waals surface area contributed by atoms with Gasteiger partial charge in [-0.25, -0.2) is 0 Å². The lowest BCUT2D eigenvalue weighted by Gasteiger charge is -2.26. The molecule has 0 aliphatic rings. The summed E-state index contributed by atoms with van der Waals surface area (Å²) in [7, 11) is 4.20. The summed E-state index contributed by atoms with van der Waals surface area (Å²) in [5.74, 6) is 0.692. The van der Waals surface area contributed by atoms with Crippen molar-refractivity contribution < 1.29 is 0 Å². The number of hydrogen-bond acceptors (Lipinski definition) is 3. The maximum atomic E-state index is 5.57. The van der Waals surface area contributed by atoms with Gasteiger partial charge in [-0.2, -0.15) is 0 Å². The van der Waals surface area contributed by atoms with Gasteiger partial charge in [-0.3, -0.25) is 4.90 Å². The van der Waals surface area contributed by atoms with Crippen molar-refractivity contribution >= 4 is 0 Å². The van der Waals surface area contributed by atoms with Crippen LogP contribution < -0.4 is 5.73 Å². The molecule has 3 heteroatoms. The third kappa shape index (κ3) is 8.60. The molecule has 0 fully saturated rings. The fourth-order valence-corrected chi connectivity index (χ4v) is 1.47. The van der Waals surface area contributed by atoms with Gasteiger partial charge in [-0.15, -0.1) is 0 Å². The summed E-state index contributed by atoms with van der Waals surface area (Å²) < 4.78 is 0. The molecule has 90 valence electrons. The van der Waals surface area contributed by atoms with Gasteiger partial charge in [-0.1, -0.05) is 20.4 Å². The molecule has 0 unspecified atom stereocenters. The Labute approximate surface area is 94.9 Å². The second-order valence-corrected chi connectivity index (χ2v) is 4.89. The summed E-state index contributed by atoms with van der Waals surface area (Å²) in [5.41, 5.74) is 6.69. The van der Waals surface area contributed by atoms with Gasteiger partial charge in [0.15, 0.2) is 0 Å². The van der Waals surface area contributed by atoms with Gasteiger partial charge in [-0.05, 0) is 25.6 Å². The zero-order valence-electron chi connectivity index (χ0n) is 10.8. The standard InChI is InChI=1S/C12H27N3/c1-11(2)9-15(7-6-14(4)5)10-12(3)8-13/h11H,3,6-10,13H2,1-2,4-5H3. The molecule has 0 amide bonds. The van der Waals surface area contributed by atoms with Crippen molar-refractivity contribution in [2.75, 3.05) is 46.8 Å². The van der Waals surface area contributed by atoms with E-state index in [4.69, 9.17) is 5.73 Å². The lowest BCUT2D eigenvalue weighted by atomic mass is 10.2. The van der Waals surface area contributed by atoms with E-state index in [2.05, 4.69) is 44.3 Å². The largest absolute Gasteiger partial charge is 0.327 e. The first kappa shape index (κ1) is 14.6. The second-order valence-electron chi connectivity index (χ2n) is 4.89. The van der Waals surface area contributed by atoms with Crippen molar-refractivity contribution in [3.63, 3.8) is 0 Å². The van der Waals surface area contributed by atoms with E-state index >= 15 is 0 Å².